The Bertz CT molecular complexity index is 1360. The highest BCUT2D eigenvalue weighted by Gasteiger charge is 2.47. The molecular weight excluding hydrogens is 452 g/mol. The van der Waals surface area contributed by atoms with Crippen molar-refractivity contribution < 1.29 is 19.7 Å². The molecule has 1 saturated heterocycles. The molecule has 0 aromatic carbocycles. The molecule has 180 valence electrons. The van der Waals surface area contributed by atoms with Gasteiger partial charge in [-0.3, -0.25) is 19.3 Å². The number of rotatable bonds is 6. The van der Waals surface area contributed by atoms with E-state index in [2.05, 4.69) is 35.6 Å². The van der Waals surface area contributed by atoms with Crippen LogP contribution in [0.1, 0.15) is 17.5 Å². The highest BCUT2D eigenvalue weighted by atomic mass is 16.6. The van der Waals surface area contributed by atoms with Gasteiger partial charge in [-0.25, -0.2) is 15.0 Å². The lowest BCUT2D eigenvalue weighted by Gasteiger charge is -2.17. The van der Waals surface area contributed by atoms with Gasteiger partial charge in [-0.1, -0.05) is 0 Å². The van der Waals surface area contributed by atoms with Crippen LogP contribution >= 0.6 is 0 Å². The molecule has 5 heterocycles. The van der Waals surface area contributed by atoms with Crippen molar-refractivity contribution in [3.8, 4) is 11.4 Å². The van der Waals surface area contributed by atoms with E-state index >= 15 is 0 Å². The minimum Gasteiger partial charge on any atom is -0.387 e. The molecule has 0 radical (unpaired) electrons. The van der Waals surface area contributed by atoms with E-state index in [1.807, 2.05) is 25.1 Å². The molecule has 1 aliphatic heterocycles. The lowest BCUT2D eigenvalue weighted by molar-refractivity contribution is -0.137. The number of hydrogen-bond acceptors (Lipinski definition) is 10. The monoisotopic (exact) mass is 476 g/mol. The van der Waals surface area contributed by atoms with Gasteiger partial charge in [0.2, 0.25) is 0 Å². The number of likely N-dealkylation sites (N-methyl/N-ethyl adjacent to an activating group) is 1. The van der Waals surface area contributed by atoms with E-state index in [0.29, 0.717) is 34.9 Å². The fraction of sp³-hybridized carbons (Fsp3) is 0.304. The van der Waals surface area contributed by atoms with Crippen LogP contribution in [0.4, 0.5) is 5.82 Å². The lowest BCUT2D eigenvalue weighted by Crippen LogP contribution is -2.41. The summed E-state index contributed by atoms with van der Waals surface area (Å²) in [7, 11) is 1.43. The summed E-state index contributed by atoms with van der Waals surface area (Å²) in [4.78, 5) is 34.4. The maximum Gasteiger partial charge on any atom is 0.251 e. The number of carbonyl (C=O) groups is 1. The van der Waals surface area contributed by atoms with E-state index in [4.69, 9.17) is 4.74 Å². The van der Waals surface area contributed by atoms with E-state index in [-0.39, 0.29) is 0 Å². The van der Waals surface area contributed by atoms with Crippen molar-refractivity contribution in [2.24, 2.45) is 0 Å². The number of imidazole rings is 1. The Morgan fingerprint density at radius 1 is 1.17 bits per heavy atom. The zero-order valence-corrected chi connectivity index (χ0v) is 19.0. The van der Waals surface area contributed by atoms with E-state index in [1.54, 1.807) is 24.7 Å². The van der Waals surface area contributed by atoms with Gasteiger partial charge in [-0.05, 0) is 36.8 Å². The number of nitrogens with one attached hydrogen (secondary N) is 2. The molecule has 0 saturated carbocycles. The second-order valence-electron chi connectivity index (χ2n) is 8.18. The Kier molecular flexibility index (Phi) is 6.07. The van der Waals surface area contributed by atoms with E-state index in [9.17, 15) is 15.0 Å². The molecule has 0 spiro atoms. The molecule has 1 fully saturated rings. The fourth-order valence-corrected chi connectivity index (χ4v) is 3.97. The molecule has 12 heteroatoms. The molecule has 1 amide bonds. The number of nitrogens with zero attached hydrogens (tertiary/aromatic N) is 6. The Balaban J connectivity index is 1.57. The van der Waals surface area contributed by atoms with Gasteiger partial charge < -0.3 is 25.6 Å². The molecule has 0 aliphatic carbocycles. The van der Waals surface area contributed by atoms with Crippen LogP contribution in [0.3, 0.4) is 0 Å². The number of aryl methyl sites for hydroxylation is 1. The van der Waals surface area contributed by atoms with Gasteiger partial charge in [0.25, 0.3) is 5.91 Å². The first-order valence-electron chi connectivity index (χ1n) is 11.0. The number of ether oxygens (including phenoxy) is 1. The first kappa shape index (κ1) is 22.8. The third-order valence-electron chi connectivity index (χ3n) is 5.77. The number of aliphatic hydroxyl groups is 2. The second kappa shape index (κ2) is 9.33. The van der Waals surface area contributed by atoms with Crippen molar-refractivity contribution in [3.05, 3.63) is 60.4 Å². The quantitative estimate of drug-likeness (QED) is 0.310. The van der Waals surface area contributed by atoms with Crippen molar-refractivity contribution in [2.75, 3.05) is 12.4 Å². The predicted molar refractivity (Wildman–Crippen MR) is 125 cm³/mol. The summed E-state index contributed by atoms with van der Waals surface area (Å²) in [6, 6.07) is 7.49. The van der Waals surface area contributed by atoms with Crippen LogP contribution in [0.25, 0.3) is 22.6 Å². The minimum atomic E-state index is -1.41. The second-order valence-corrected chi connectivity index (χ2v) is 8.18. The number of fused-ring (bicyclic) bond motifs is 1. The van der Waals surface area contributed by atoms with Crippen LogP contribution in [-0.2, 0) is 16.1 Å². The average molecular weight is 476 g/mol. The smallest absolute Gasteiger partial charge is 0.251 e. The highest BCUT2D eigenvalue weighted by Crippen LogP contribution is 2.33. The molecule has 35 heavy (non-hydrogen) atoms. The number of pyridine rings is 2. The summed E-state index contributed by atoms with van der Waals surface area (Å²) >= 11 is 0. The lowest BCUT2D eigenvalue weighted by atomic mass is 10.1. The van der Waals surface area contributed by atoms with E-state index in [1.165, 1.54) is 17.9 Å². The van der Waals surface area contributed by atoms with Gasteiger partial charge in [0, 0.05) is 31.2 Å². The highest BCUT2D eigenvalue weighted by molar-refractivity contribution is 5.85. The maximum absolute atomic E-state index is 12.1. The van der Waals surface area contributed by atoms with Crippen LogP contribution in [0, 0.1) is 6.92 Å². The fourth-order valence-electron chi connectivity index (χ4n) is 3.97. The summed E-state index contributed by atoms with van der Waals surface area (Å²) < 4.78 is 7.22. The van der Waals surface area contributed by atoms with Gasteiger partial charge in [0.1, 0.15) is 12.2 Å². The summed E-state index contributed by atoms with van der Waals surface area (Å²) in [5.74, 6) is 0.289. The standard InChI is InChI=1S/C23H24N8O4/c1-12-5-7-26-14(8-12)10-27-20-15-21(30-19(29-20)13-4-3-6-25-9-13)31(11-28-15)23-17(33)16(32)18(35-23)22(34)24-2/h3-9,11,16-18,23,32-33H,10H2,1-2H3,(H,24,34)(H,27,29,30)/t16-,17+,18-,23+/m0/s1. The number of aromatic nitrogens is 6. The number of anilines is 1. The van der Waals surface area contributed by atoms with Crippen LogP contribution in [0.5, 0.6) is 0 Å². The normalized spacial score (nSPS) is 21.8. The SMILES string of the molecule is CNC(=O)[C@H]1O[C@@H](n2cnc3c(NCc4cc(C)ccn4)nc(-c4cccnc4)nc32)[C@H](O)[C@@H]1O. The van der Waals surface area contributed by atoms with Crippen molar-refractivity contribution in [2.45, 2.75) is 38.0 Å². The number of carbonyl (C=O) groups excluding carboxylic acids is 1. The molecule has 4 aromatic rings. The first-order chi connectivity index (χ1) is 17.0. The van der Waals surface area contributed by atoms with Gasteiger partial charge in [-0.2, -0.15) is 0 Å². The largest absolute Gasteiger partial charge is 0.387 e. The van der Waals surface area contributed by atoms with E-state index in [0.717, 1.165) is 11.3 Å². The molecular formula is C23H24N8O4. The first-order valence-corrected chi connectivity index (χ1v) is 11.0. The third kappa shape index (κ3) is 4.30. The summed E-state index contributed by atoms with van der Waals surface area (Å²) in [5, 5.41) is 26.7. The molecule has 4 N–H and O–H groups in total. The van der Waals surface area contributed by atoms with Crippen molar-refractivity contribution in [1.82, 2.24) is 34.8 Å². The van der Waals surface area contributed by atoms with Crippen molar-refractivity contribution in [3.63, 3.8) is 0 Å². The maximum atomic E-state index is 12.1. The molecule has 0 bridgehead atoms. The van der Waals surface area contributed by atoms with Crippen molar-refractivity contribution >= 4 is 22.9 Å². The van der Waals surface area contributed by atoms with Crippen LogP contribution < -0.4 is 10.6 Å². The Labute approximate surface area is 200 Å². The van der Waals surface area contributed by atoms with Crippen LogP contribution in [-0.4, -0.2) is 71.0 Å². The predicted octanol–water partition coefficient (Wildman–Crippen LogP) is 0.569. The third-order valence-corrected chi connectivity index (χ3v) is 5.77. The van der Waals surface area contributed by atoms with Gasteiger partial charge >= 0.3 is 0 Å². The molecule has 4 aromatic heterocycles. The van der Waals surface area contributed by atoms with Crippen LogP contribution in [0.2, 0.25) is 0 Å². The Hall–Kier alpha value is -4.00. The molecule has 5 rings (SSSR count). The molecule has 0 unspecified atom stereocenters. The summed E-state index contributed by atoms with van der Waals surface area (Å²) in [6.07, 6.45) is 1.36. The molecule has 1 aliphatic rings. The molecule has 12 nitrogen and oxygen atoms in total. The Morgan fingerprint density at radius 3 is 2.77 bits per heavy atom. The Morgan fingerprint density at radius 2 is 2.03 bits per heavy atom. The number of aliphatic hydroxyl groups excluding tert-OH is 2. The minimum absolute atomic E-state index is 0.354. The van der Waals surface area contributed by atoms with Crippen molar-refractivity contribution in [1.29, 1.82) is 0 Å². The average Bonchev–Trinajstić information content (AvgIpc) is 3.43. The van der Waals surface area contributed by atoms with E-state index < -0.39 is 30.4 Å². The van der Waals surface area contributed by atoms with Gasteiger partial charge in [0.05, 0.1) is 18.6 Å². The summed E-state index contributed by atoms with van der Waals surface area (Å²) in [5.41, 5.74) is 3.37. The topological polar surface area (TPSA) is 160 Å². The van der Waals surface area contributed by atoms with Gasteiger partial charge in [-0.15, -0.1) is 0 Å². The van der Waals surface area contributed by atoms with Crippen LogP contribution in [0.15, 0.2) is 49.2 Å². The van der Waals surface area contributed by atoms with Gasteiger partial charge in [0.15, 0.2) is 35.1 Å². The number of amides is 1. The number of hydrogen-bond donors (Lipinski definition) is 4. The zero-order chi connectivity index (χ0) is 24.5. The molecule has 4 atom stereocenters. The summed E-state index contributed by atoms with van der Waals surface area (Å²) in [6.45, 7) is 2.39. The zero-order valence-electron chi connectivity index (χ0n) is 19.0.